The van der Waals surface area contributed by atoms with Gasteiger partial charge in [-0.1, -0.05) is 0 Å². The van der Waals surface area contributed by atoms with Crippen molar-refractivity contribution in [3.8, 4) is 0 Å². The quantitative estimate of drug-likeness (QED) is 0.887. The highest BCUT2D eigenvalue weighted by Crippen LogP contribution is 2.33. The average Bonchev–Trinajstić information content (AvgIpc) is 3.24. The third-order valence-electron chi connectivity index (χ3n) is 4.38. The number of nitrogens with zero attached hydrogens (tertiary/aromatic N) is 3. The Morgan fingerprint density at radius 1 is 1.37 bits per heavy atom. The number of piperidine rings is 1. The van der Waals surface area contributed by atoms with Crippen LogP contribution >= 0.6 is 0 Å². The van der Waals surface area contributed by atoms with E-state index in [-0.39, 0.29) is 5.56 Å². The Kier molecular flexibility index (Phi) is 3.31. The van der Waals surface area contributed by atoms with Crippen molar-refractivity contribution in [2.75, 3.05) is 18.0 Å². The Balaban J connectivity index is 1.91. The number of hydrogen-bond donors (Lipinski definition) is 1. The third kappa shape index (κ3) is 2.39. The van der Waals surface area contributed by atoms with Crippen molar-refractivity contribution in [2.24, 2.45) is 11.7 Å². The second-order valence-electron chi connectivity index (χ2n) is 5.87. The molecule has 2 atom stereocenters. The fourth-order valence-corrected chi connectivity index (χ4v) is 2.92. The summed E-state index contributed by atoms with van der Waals surface area (Å²) < 4.78 is 1.85. The van der Waals surface area contributed by atoms with E-state index in [9.17, 15) is 4.79 Å². The molecule has 2 heterocycles. The summed E-state index contributed by atoms with van der Waals surface area (Å²) in [7, 11) is 0. The Hall–Kier alpha value is -1.36. The molecule has 1 aliphatic heterocycles. The van der Waals surface area contributed by atoms with Crippen LogP contribution in [0.4, 0.5) is 5.82 Å². The lowest BCUT2D eigenvalue weighted by molar-refractivity contribution is 0.370. The van der Waals surface area contributed by atoms with Crippen molar-refractivity contribution in [3.05, 3.63) is 22.7 Å². The van der Waals surface area contributed by atoms with Crippen LogP contribution in [0, 0.1) is 5.92 Å². The minimum atomic E-state index is 0.0644. The topological polar surface area (TPSA) is 64.2 Å². The van der Waals surface area contributed by atoms with Crippen LogP contribution in [-0.4, -0.2) is 28.7 Å². The zero-order valence-electron chi connectivity index (χ0n) is 11.5. The van der Waals surface area contributed by atoms with Crippen molar-refractivity contribution in [1.29, 1.82) is 0 Å². The van der Waals surface area contributed by atoms with E-state index in [0.29, 0.717) is 30.4 Å². The Morgan fingerprint density at radius 2 is 2.16 bits per heavy atom. The predicted octanol–water partition coefficient (Wildman–Crippen LogP) is 1.14. The van der Waals surface area contributed by atoms with Crippen molar-refractivity contribution >= 4 is 5.82 Å². The van der Waals surface area contributed by atoms with Gasteiger partial charge in [0.1, 0.15) is 0 Å². The summed E-state index contributed by atoms with van der Waals surface area (Å²) in [6, 6.07) is 0.776. The van der Waals surface area contributed by atoms with Gasteiger partial charge in [0.15, 0.2) is 5.82 Å². The van der Waals surface area contributed by atoms with E-state index in [1.165, 1.54) is 0 Å². The van der Waals surface area contributed by atoms with E-state index >= 15 is 0 Å². The maximum Gasteiger partial charge on any atom is 0.293 e. The van der Waals surface area contributed by atoms with E-state index in [1.807, 2.05) is 10.8 Å². The molecule has 19 heavy (non-hydrogen) atoms. The molecule has 0 bridgehead atoms. The maximum atomic E-state index is 12.5. The molecule has 2 aliphatic rings. The fraction of sp³-hybridized carbons (Fsp3) is 0.714. The van der Waals surface area contributed by atoms with Crippen molar-refractivity contribution in [3.63, 3.8) is 0 Å². The minimum absolute atomic E-state index is 0.0644. The van der Waals surface area contributed by atoms with Gasteiger partial charge in [0.2, 0.25) is 0 Å². The molecule has 0 spiro atoms. The molecule has 1 aromatic heterocycles. The first kappa shape index (κ1) is 12.7. The molecular weight excluding hydrogens is 240 g/mol. The highest BCUT2D eigenvalue weighted by molar-refractivity contribution is 5.38. The standard InChI is InChI=1S/C14H22N4O/c1-10-2-3-11(8-15)9-18(10)13-14(19)17(7-6-16-13)12-4-5-12/h6-7,10-12H,2-5,8-9,15H2,1H3. The molecule has 104 valence electrons. The van der Waals surface area contributed by atoms with Gasteiger partial charge in [0.05, 0.1) is 0 Å². The van der Waals surface area contributed by atoms with Crippen LogP contribution < -0.4 is 16.2 Å². The van der Waals surface area contributed by atoms with Gasteiger partial charge in [-0.05, 0) is 45.1 Å². The molecule has 1 aromatic rings. The minimum Gasteiger partial charge on any atom is -0.349 e. The first-order valence-electron chi connectivity index (χ1n) is 7.24. The zero-order chi connectivity index (χ0) is 13.4. The van der Waals surface area contributed by atoms with Gasteiger partial charge in [-0.25, -0.2) is 4.98 Å². The molecule has 1 saturated carbocycles. The maximum absolute atomic E-state index is 12.5. The number of rotatable bonds is 3. The summed E-state index contributed by atoms with van der Waals surface area (Å²) in [5.74, 6) is 1.09. The van der Waals surface area contributed by atoms with Gasteiger partial charge < -0.3 is 15.2 Å². The monoisotopic (exact) mass is 262 g/mol. The summed E-state index contributed by atoms with van der Waals surface area (Å²) >= 11 is 0. The first-order chi connectivity index (χ1) is 9.20. The molecule has 0 aromatic carbocycles. The third-order valence-corrected chi connectivity index (χ3v) is 4.38. The summed E-state index contributed by atoms with van der Waals surface area (Å²) in [6.07, 6.45) is 8.04. The largest absolute Gasteiger partial charge is 0.349 e. The summed E-state index contributed by atoms with van der Waals surface area (Å²) in [6.45, 7) is 3.71. The van der Waals surface area contributed by atoms with E-state index in [0.717, 1.165) is 32.2 Å². The van der Waals surface area contributed by atoms with Crippen LogP contribution in [0.25, 0.3) is 0 Å². The van der Waals surface area contributed by atoms with Crippen LogP contribution in [0.15, 0.2) is 17.2 Å². The molecule has 5 nitrogen and oxygen atoms in total. The fourth-order valence-electron chi connectivity index (χ4n) is 2.92. The van der Waals surface area contributed by atoms with E-state index in [1.54, 1.807) is 6.20 Å². The Labute approximate surface area is 113 Å². The zero-order valence-corrected chi connectivity index (χ0v) is 11.5. The van der Waals surface area contributed by atoms with Gasteiger partial charge in [0, 0.05) is 31.0 Å². The molecule has 5 heteroatoms. The second kappa shape index (κ2) is 4.96. The van der Waals surface area contributed by atoms with Gasteiger partial charge >= 0.3 is 0 Å². The highest BCUT2D eigenvalue weighted by atomic mass is 16.1. The van der Waals surface area contributed by atoms with Gasteiger partial charge in [-0.15, -0.1) is 0 Å². The number of nitrogens with two attached hydrogens (primary N) is 1. The molecule has 1 saturated heterocycles. The number of anilines is 1. The molecule has 2 unspecified atom stereocenters. The number of hydrogen-bond acceptors (Lipinski definition) is 4. The molecule has 0 amide bonds. The summed E-state index contributed by atoms with van der Waals surface area (Å²) in [4.78, 5) is 19.0. The normalized spacial score (nSPS) is 27.6. The summed E-state index contributed by atoms with van der Waals surface area (Å²) in [5, 5.41) is 0. The van der Waals surface area contributed by atoms with E-state index < -0.39 is 0 Å². The predicted molar refractivity (Wildman–Crippen MR) is 75.4 cm³/mol. The van der Waals surface area contributed by atoms with E-state index in [4.69, 9.17) is 5.73 Å². The smallest absolute Gasteiger partial charge is 0.293 e. The molecule has 1 aliphatic carbocycles. The lowest BCUT2D eigenvalue weighted by atomic mass is 9.93. The van der Waals surface area contributed by atoms with E-state index in [2.05, 4.69) is 16.8 Å². The first-order valence-corrected chi connectivity index (χ1v) is 7.24. The molecule has 3 rings (SSSR count). The molecule has 2 N–H and O–H groups in total. The average molecular weight is 262 g/mol. The van der Waals surface area contributed by atoms with Crippen LogP contribution in [0.2, 0.25) is 0 Å². The van der Waals surface area contributed by atoms with Gasteiger partial charge in [0.25, 0.3) is 5.56 Å². The SMILES string of the molecule is CC1CCC(CN)CN1c1nccn(C2CC2)c1=O. The molecule has 0 radical (unpaired) electrons. The van der Waals surface area contributed by atoms with Gasteiger partial charge in [-0.3, -0.25) is 4.79 Å². The van der Waals surface area contributed by atoms with Gasteiger partial charge in [-0.2, -0.15) is 0 Å². The van der Waals surface area contributed by atoms with Crippen LogP contribution in [-0.2, 0) is 0 Å². The van der Waals surface area contributed by atoms with Crippen molar-refractivity contribution < 1.29 is 0 Å². The lowest BCUT2D eigenvalue weighted by Gasteiger charge is -2.38. The van der Waals surface area contributed by atoms with Crippen molar-refractivity contribution in [2.45, 2.75) is 44.7 Å². The van der Waals surface area contributed by atoms with Crippen LogP contribution in [0.5, 0.6) is 0 Å². The van der Waals surface area contributed by atoms with Crippen LogP contribution in [0.1, 0.15) is 38.6 Å². The molecule has 2 fully saturated rings. The van der Waals surface area contributed by atoms with Crippen molar-refractivity contribution in [1.82, 2.24) is 9.55 Å². The van der Waals surface area contributed by atoms with Crippen LogP contribution in [0.3, 0.4) is 0 Å². The Morgan fingerprint density at radius 3 is 2.84 bits per heavy atom. The lowest BCUT2D eigenvalue weighted by Crippen LogP contribution is -2.47. The molecular formula is C14H22N4O. The second-order valence-corrected chi connectivity index (χ2v) is 5.87. The highest BCUT2D eigenvalue weighted by Gasteiger charge is 2.30. The Bertz CT molecular complexity index is 508. The number of aromatic nitrogens is 2. The summed E-state index contributed by atoms with van der Waals surface area (Å²) in [5.41, 5.74) is 5.85.